The third-order valence-corrected chi connectivity index (χ3v) is 3.87. The molecule has 0 atom stereocenters. The van der Waals surface area contributed by atoms with Crippen molar-refractivity contribution in [1.29, 1.82) is 0 Å². The van der Waals surface area contributed by atoms with Gasteiger partial charge in [-0.25, -0.2) is 4.79 Å². The van der Waals surface area contributed by atoms with Crippen LogP contribution in [0.1, 0.15) is 20.3 Å². The smallest absolute Gasteiger partial charge is 0.320 e. The van der Waals surface area contributed by atoms with E-state index in [2.05, 4.69) is 4.90 Å². The molecule has 2 amide bonds. The van der Waals surface area contributed by atoms with Gasteiger partial charge in [-0.2, -0.15) is 0 Å². The van der Waals surface area contributed by atoms with Gasteiger partial charge in [0.05, 0.1) is 18.6 Å². The van der Waals surface area contributed by atoms with Crippen LogP contribution in [0.4, 0.5) is 4.79 Å². The van der Waals surface area contributed by atoms with Gasteiger partial charge in [-0.1, -0.05) is 0 Å². The van der Waals surface area contributed by atoms with Crippen molar-refractivity contribution < 1.29 is 19.8 Å². The highest BCUT2D eigenvalue weighted by atomic mass is 16.4. The molecule has 20 heavy (non-hydrogen) atoms. The lowest BCUT2D eigenvalue weighted by Crippen LogP contribution is -2.57. The van der Waals surface area contributed by atoms with E-state index in [9.17, 15) is 14.7 Å². The van der Waals surface area contributed by atoms with Crippen LogP contribution in [0.5, 0.6) is 0 Å². The quantitative estimate of drug-likeness (QED) is 0.738. The summed E-state index contributed by atoms with van der Waals surface area (Å²) >= 11 is 0. The fraction of sp³-hybridized carbons (Fsp3) is 0.846. The van der Waals surface area contributed by atoms with Crippen LogP contribution < -0.4 is 0 Å². The van der Waals surface area contributed by atoms with Crippen LogP contribution in [0, 0.1) is 0 Å². The lowest BCUT2D eigenvalue weighted by atomic mass is 10.1. The van der Waals surface area contributed by atoms with Gasteiger partial charge in [-0.3, -0.25) is 9.69 Å². The molecule has 7 heteroatoms. The Morgan fingerprint density at radius 1 is 1.20 bits per heavy atom. The highest BCUT2D eigenvalue weighted by Crippen LogP contribution is 2.15. The zero-order chi connectivity index (χ0) is 15.3. The summed E-state index contributed by atoms with van der Waals surface area (Å²) < 4.78 is 0. The summed E-state index contributed by atoms with van der Waals surface area (Å²) in [5, 5.41) is 18.0. The normalized spacial score (nSPS) is 17.1. The summed E-state index contributed by atoms with van der Waals surface area (Å²) in [6, 6.07) is -0.0954. The molecule has 1 saturated heterocycles. The number of carbonyl (C=O) groups excluding carboxylic acids is 1. The van der Waals surface area contributed by atoms with Crippen molar-refractivity contribution >= 4 is 12.0 Å². The van der Waals surface area contributed by atoms with Gasteiger partial charge in [0.25, 0.3) is 0 Å². The summed E-state index contributed by atoms with van der Waals surface area (Å²) in [5.74, 6) is -0.798. The van der Waals surface area contributed by atoms with Gasteiger partial charge < -0.3 is 20.0 Å². The van der Waals surface area contributed by atoms with Crippen LogP contribution >= 0.6 is 0 Å². The number of rotatable bonds is 5. The molecule has 0 aliphatic carbocycles. The Kier molecular flexibility index (Phi) is 5.76. The molecule has 1 heterocycles. The number of aliphatic carboxylic acids is 1. The molecular weight excluding hydrogens is 262 g/mol. The Morgan fingerprint density at radius 3 is 2.20 bits per heavy atom. The van der Waals surface area contributed by atoms with Gasteiger partial charge in [0.2, 0.25) is 0 Å². The van der Waals surface area contributed by atoms with Crippen LogP contribution in [0.25, 0.3) is 0 Å². The van der Waals surface area contributed by atoms with Crippen molar-refractivity contribution in [3.05, 3.63) is 0 Å². The number of carboxylic acids is 1. The van der Waals surface area contributed by atoms with Crippen molar-refractivity contribution in [1.82, 2.24) is 14.7 Å². The molecule has 1 rings (SSSR count). The average Bonchev–Trinajstić information content (AvgIpc) is 2.44. The maximum atomic E-state index is 12.3. The molecule has 2 N–H and O–H groups in total. The second-order valence-electron chi connectivity index (χ2n) is 5.78. The molecule has 0 aromatic heterocycles. The lowest BCUT2D eigenvalue weighted by Gasteiger charge is -2.41. The summed E-state index contributed by atoms with van der Waals surface area (Å²) in [4.78, 5) is 28.2. The maximum absolute atomic E-state index is 12.3. The van der Waals surface area contributed by atoms with Crippen molar-refractivity contribution in [3.8, 4) is 0 Å². The fourth-order valence-electron chi connectivity index (χ4n) is 1.99. The Bertz CT molecular complexity index is 352. The number of hydrogen-bond acceptors (Lipinski definition) is 4. The third kappa shape index (κ3) is 4.35. The highest BCUT2D eigenvalue weighted by molar-refractivity contribution is 5.75. The van der Waals surface area contributed by atoms with E-state index in [1.807, 2.05) is 13.8 Å². The molecule has 0 unspecified atom stereocenters. The van der Waals surface area contributed by atoms with Crippen molar-refractivity contribution in [3.63, 3.8) is 0 Å². The van der Waals surface area contributed by atoms with E-state index in [0.717, 1.165) is 0 Å². The number of urea groups is 1. The Labute approximate surface area is 119 Å². The summed E-state index contributed by atoms with van der Waals surface area (Å²) in [6.45, 7) is 6.61. The maximum Gasteiger partial charge on any atom is 0.320 e. The molecule has 0 radical (unpaired) electrons. The van der Waals surface area contributed by atoms with Crippen LogP contribution in [0.3, 0.4) is 0 Å². The van der Waals surface area contributed by atoms with Crippen molar-refractivity contribution in [2.24, 2.45) is 0 Å². The van der Waals surface area contributed by atoms with E-state index >= 15 is 0 Å². The van der Waals surface area contributed by atoms with E-state index in [4.69, 9.17) is 5.11 Å². The number of nitrogens with zero attached hydrogens (tertiary/aromatic N) is 3. The van der Waals surface area contributed by atoms with Crippen molar-refractivity contribution in [2.45, 2.75) is 25.8 Å². The molecule has 1 fully saturated rings. The lowest BCUT2D eigenvalue weighted by molar-refractivity contribution is -0.137. The molecule has 0 aromatic rings. The standard InChI is InChI=1S/C13H25N3O4/c1-13(2,10-17)14(3)12(20)16-8-6-15(7-9-16)5-4-11(18)19/h17H,4-10H2,1-3H3,(H,18,19). The first kappa shape index (κ1) is 16.7. The second-order valence-corrected chi connectivity index (χ2v) is 5.78. The second kappa shape index (κ2) is 6.90. The Hall–Kier alpha value is -1.34. The van der Waals surface area contributed by atoms with Gasteiger partial charge in [0.1, 0.15) is 0 Å². The number of carbonyl (C=O) groups is 2. The summed E-state index contributed by atoms with van der Waals surface area (Å²) in [6.07, 6.45) is 0.130. The number of aliphatic hydroxyl groups excluding tert-OH is 1. The van der Waals surface area contributed by atoms with Crippen LogP contribution in [0.15, 0.2) is 0 Å². The molecule has 0 spiro atoms. The molecular formula is C13H25N3O4. The number of likely N-dealkylation sites (N-methyl/N-ethyl adjacent to an activating group) is 1. The first-order valence-electron chi connectivity index (χ1n) is 6.85. The van der Waals surface area contributed by atoms with E-state index in [-0.39, 0.29) is 19.1 Å². The van der Waals surface area contributed by atoms with Crippen LogP contribution in [0.2, 0.25) is 0 Å². The fourth-order valence-corrected chi connectivity index (χ4v) is 1.99. The topological polar surface area (TPSA) is 84.3 Å². The van der Waals surface area contributed by atoms with Gasteiger partial charge in [0, 0.05) is 39.8 Å². The monoisotopic (exact) mass is 287 g/mol. The van der Waals surface area contributed by atoms with E-state index in [0.29, 0.717) is 32.7 Å². The SMILES string of the molecule is CN(C(=O)N1CCN(CCC(=O)O)CC1)C(C)(C)CO. The average molecular weight is 287 g/mol. The number of carboxylic acid groups (broad SMARTS) is 1. The minimum atomic E-state index is -0.798. The molecule has 7 nitrogen and oxygen atoms in total. The van der Waals surface area contributed by atoms with Gasteiger partial charge in [0.15, 0.2) is 0 Å². The predicted molar refractivity (Wildman–Crippen MR) is 74.6 cm³/mol. The Morgan fingerprint density at radius 2 is 1.75 bits per heavy atom. The number of hydrogen-bond donors (Lipinski definition) is 2. The number of piperazine rings is 1. The predicted octanol–water partition coefficient (Wildman–Crippen LogP) is -0.0986. The van der Waals surface area contributed by atoms with E-state index in [1.54, 1.807) is 16.8 Å². The van der Waals surface area contributed by atoms with Crippen LogP contribution in [-0.2, 0) is 4.79 Å². The first-order chi connectivity index (χ1) is 9.27. The molecule has 1 aliphatic rings. The number of amides is 2. The largest absolute Gasteiger partial charge is 0.481 e. The first-order valence-corrected chi connectivity index (χ1v) is 6.85. The third-order valence-electron chi connectivity index (χ3n) is 3.87. The van der Waals surface area contributed by atoms with Gasteiger partial charge in [-0.05, 0) is 13.8 Å². The number of aliphatic hydroxyl groups is 1. The van der Waals surface area contributed by atoms with Gasteiger partial charge in [-0.15, -0.1) is 0 Å². The molecule has 1 aliphatic heterocycles. The molecule has 116 valence electrons. The zero-order valence-electron chi connectivity index (χ0n) is 12.5. The molecule has 0 saturated carbocycles. The molecule has 0 bridgehead atoms. The van der Waals surface area contributed by atoms with E-state index < -0.39 is 11.5 Å². The minimum absolute atomic E-state index is 0.0895. The highest BCUT2D eigenvalue weighted by Gasteiger charge is 2.31. The van der Waals surface area contributed by atoms with Gasteiger partial charge >= 0.3 is 12.0 Å². The van der Waals surface area contributed by atoms with Crippen LogP contribution in [-0.4, -0.2) is 88.8 Å². The van der Waals surface area contributed by atoms with Crippen molar-refractivity contribution in [2.75, 3.05) is 46.4 Å². The molecule has 0 aromatic carbocycles. The zero-order valence-corrected chi connectivity index (χ0v) is 12.5. The van der Waals surface area contributed by atoms with E-state index in [1.165, 1.54) is 0 Å². The minimum Gasteiger partial charge on any atom is -0.481 e. The summed E-state index contributed by atoms with van der Waals surface area (Å²) in [7, 11) is 1.69. The Balaban J connectivity index is 2.45. The summed E-state index contributed by atoms with van der Waals surface area (Å²) in [5.41, 5.74) is -0.586.